The third kappa shape index (κ3) is 28.9. The number of carbonyl (C=O) groups excluding carboxylic acids is 1. The lowest BCUT2D eigenvalue weighted by Gasteiger charge is -2.40. The number of ether oxygens (including phenoxy) is 2. The van der Waals surface area contributed by atoms with Gasteiger partial charge in [-0.15, -0.1) is 0 Å². The summed E-state index contributed by atoms with van der Waals surface area (Å²) in [6.45, 7) is 5.64. The Morgan fingerprint density at radius 1 is 0.633 bits per heavy atom. The minimum Gasteiger partial charge on any atom is -0.394 e. The average molecular weight is 852 g/mol. The van der Waals surface area contributed by atoms with Crippen molar-refractivity contribution >= 4 is 5.91 Å². The first-order chi connectivity index (χ1) is 29.2. The Labute approximate surface area is 366 Å². The molecule has 0 bridgehead atoms. The highest BCUT2D eigenvalue weighted by Gasteiger charge is 2.44. The van der Waals surface area contributed by atoms with E-state index in [1.165, 1.54) is 147 Å². The fourth-order valence-electron chi connectivity index (χ4n) is 7.79. The van der Waals surface area contributed by atoms with Crippen LogP contribution >= 0.6 is 0 Å². The van der Waals surface area contributed by atoms with Crippen LogP contribution < -0.4 is 5.32 Å². The van der Waals surface area contributed by atoms with Crippen LogP contribution in [0.5, 0.6) is 0 Å². The second-order valence-corrected chi connectivity index (χ2v) is 17.6. The van der Waals surface area contributed by atoms with Gasteiger partial charge < -0.3 is 45.4 Å². The van der Waals surface area contributed by atoms with Crippen molar-refractivity contribution in [1.82, 2.24) is 5.32 Å². The zero-order chi connectivity index (χ0) is 44.1. The standard InChI is InChI=1S/C50H93NO9/c1-4-6-8-10-12-13-14-15-16-17-18-19-20-21-22-23-24-25-27-29-33-38-44(54)49(58)51-42(40-59-50-48(57)47(56)46(55)45(39-52)60-50)43(53)37-34-30-32-36-41(3)35-31-28-26-11-9-7-5-2/h31,34-37,42-48,50,52-57H,4-30,32-33,38-40H2,1-3H3,(H,51,58)/b35-31+,37-34+,41-36+/t42-,43+,44+,45+,46+,47-,48+,50+/m0/s1. The summed E-state index contributed by atoms with van der Waals surface area (Å²) in [5.41, 5.74) is 1.18. The van der Waals surface area contributed by atoms with Crippen molar-refractivity contribution in [3.05, 3.63) is 36.0 Å². The minimum absolute atomic E-state index is 0.302. The summed E-state index contributed by atoms with van der Waals surface area (Å²) < 4.78 is 11.1. The number of aliphatic hydroxyl groups is 6. The van der Waals surface area contributed by atoms with E-state index in [0.717, 1.165) is 32.1 Å². The van der Waals surface area contributed by atoms with Gasteiger partial charge in [-0.1, -0.05) is 210 Å². The molecule has 1 amide bonds. The highest BCUT2D eigenvalue weighted by molar-refractivity contribution is 5.80. The van der Waals surface area contributed by atoms with Crippen molar-refractivity contribution < 1.29 is 44.9 Å². The van der Waals surface area contributed by atoms with Gasteiger partial charge in [0.25, 0.3) is 0 Å². The molecule has 0 aromatic heterocycles. The van der Waals surface area contributed by atoms with Crippen molar-refractivity contribution in [2.75, 3.05) is 13.2 Å². The molecule has 10 heteroatoms. The average Bonchev–Trinajstić information content (AvgIpc) is 3.24. The zero-order valence-electron chi connectivity index (χ0n) is 38.5. The van der Waals surface area contributed by atoms with Crippen LogP contribution in [0.25, 0.3) is 0 Å². The van der Waals surface area contributed by atoms with E-state index in [0.29, 0.717) is 19.3 Å². The summed E-state index contributed by atoms with van der Waals surface area (Å²) in [6, 6.07) is -1.01. The number of rotatable bonds is 40. The third-order valence-corrected chi connectivity index (χ3v) is 11.9. The first-order valence-corrected chi connectivity index (χ1v) is 24.7. The SMILES string of the molecule is CCCCCCC/C=C/C(C)=C/CC/C=C/[C@@H](O)[C@H](CO[C@@H]1O[C@H](CO)[C@@H](O)[C@H](O)[C@H]1O)NC(=O)[C@H](O)CCCCCCCCCCCCCCCCCCCCCCC. The number of amides is 1. The van der Waals surface area contributed by atoms with Crippen molar-refractivity contribution in [1.29, 1.82) is 0 Å². The van der Waals surface area contributed by atoms with E-state index in [2.05, 4.69) is 44.3 Å². The minimum atomic E-state index is -1.62. The number of aliphatic hydroxyl groups excluding tert-OH is 6. The van der Waals surface area contributed by atoms with Crippen molar-refractivity contribution in [2.24, 2.45) is 0 Å². The molecule has 0 aliphatic carbocycles. The topological polar surface area (TPSA) is 169 Å². The Kier molecular flexibility index (Phi) is 36.7. The number of hydrogen-bond donors (Lipinski definition) is 7. The molecule has 352 valence electrons. The number of allylic oxidation sites excluding steroid dienone is 5. The van der Waals surface area contributed by atoms with Gasteiger partial charge in [0.1, 0.15) is 30.5 Å². The summed E-state index contributed by atoms with van der Waals surface area (Å²) in [6.07, 6.45) is 36.3. The predicted molar refractivity (Wildman–Crippen MR) is 246 cm³/mol. The van der Waals surface area contributed by atoms with Gasteiger partial charge in [0.05, 0.1) is 25.4 Å². The largest absolute Gasteiger partial charge is 0.394 e. The fraction of sp³-hybridized carbons (Fsp3) is 0.860. The lowest BCUT2D eigenvalue weighted by atomic mass is 9.99. The molecule has 10 nitrogen and oxygen atoms in total. The van der Waals surface area contributed by atoms with E-state index < -0.39 is 61.5 Å². The van der Waals surface area contributed by atoms with E-state index in [1.54, 1.807) is 6.08 Å². The fourth-order valence-corrected chi connectivity index (χ4v) is 7.79. The molecule has 60 heavy (non-hydrogen) atoms. The maximum absolute atomic E-state index is 13.1. The lowest BCUT2D eigenvalue weighted by Crippen LogP contribution is -2.60. The van der Waals surface area contributed by atoms with Gasteiger partial charge >= 0.3 is 0 Å². The highest BCUT2D eigenvalue weighted by atomic mass is 16.7. The monoisotopic (exact) mass is 852 g/mol. The van der Waals surface area contributed by atoms with Crippen LogP contribution in [-0.2, 0) is 14.3 Å². The van der Waals surface area contributed by atoms with E-state index in [4.69, 9.17) is 9.47 Å². The van der Waals surface area contributed by atoms with Crippen LogP contribution in [0.2, 0.25) is 0 Å². The van der Waals surface area contributed by atoms with E-state index in [9.17, 15) is 35.4 Å². The van der Waals surface area contributed by atoms with E-state index >= 15 is 0 Å². The van der Waals surface area contributed by atoms with Gasteiger partial charge in [-0.25, -0.2) is 0 Å². The predicted octanol–water partition coefficient (Wildman–Crippen LogP) is 9.81. The number of nitrogens with one attached hydrogen (secondary N) is 1. The summed E-state index contributed by atoms with van der Waals surface area (Å²) in [5, 5.41) is 64.8. The van der Waals surface area contributed by atoms with Gasteiger partial charge in [0, 0.05) is 0 Å². The highest BCUT2D eigenvalue weighted by Crippen LogP contribution is 2.23. The molecule has 0 aromatic rings. The molecule has 1 aliphatic heterocycles. The van der Waals surface area contributed by atoms with Gasteiger partial charge in [-0.2, -0.15) is 0 Å². The molecule has 0 unspecified atom stereocenters. The van der Waals surface area contributed by atoms with Crippen LogP contribution in [0.3, 0.4) is 0 Å². The van der Waals surface area contributed by atoms with Crippen LogP contribution in [0.15, 0.2) is 36.0 Å². The maximum atomic E-state index is 13.1. The Hall–Kier alpha value is -1.63. The lowest BCUT2D eigenvalue weighted by molar-refractivity contribution is -0.302. The smallest absolute Gasteiger partial charge is 0.249 e. The summed E-state index contributed by atoms with van der Waals surface area (Å²) in [4.78, 5) is 13.1. The van der Waals surface area contributed by atoms with Crippen LogP contribution in [0.4, 0.5) is 0 Å². The van der Waals surface area contributed by atoms with Gasteiger partial charge in [0.15, 0.2) is 6.29 Å². The quantitative estimate of drug-likeness (QED) is 0.0180. The Balaban J connectivity index is 2.40. The summed E-state index contributed by atoms with van der Waals surface area (Å²) in [5.74, 6) is -0.631. The van der Waals surface area contributed by atoms with Gasteiger partial charge in [0.2, 0.25) is 5.91 Å². The first-order valence-electron chi connectivity index (χ1n) is 24.7. The van der Waals surface area contributed by atoms with Crippen LogP contribution in [0, 0.1) is 0 Å². The van der Waals surface area contributed by atoms with Crippen molar-refractivity contribution in [2.45, 2.75) is 262 Å². The molecule has 0 spiro atoms. The Morgan fingerprint density at radius 2 is 1.12 bits per heavy atom. The zero-order valence-corrected chi connectivity index (χ0v) is 38.5. The summed E-state index contributed by atoms with van der Waals surface area (Å²) in [7, 11) is 0. The van der Waals surface area contributed by atoms with Crippen LogP contribution in [-0.4, -0.2) is 98.7 Å². The maximum Gasteiger partial charge on any atom is 0.249 e. The molecule has 1 saturated heterocycles. The third-order valence-electron chi connectivity index (χ3n) is 11.9. The molecule has 1 heterocycles. The Bertz CT molecular complexity index is 1080. The molecule has 0 radical (unpaired) electrons. The molecular formula is C50H93NO9. The summed E-state index contributed by atoms with van der Waals surface area (Å²) >= 11 is 0. The van der Waals surface area contributed by atoms with Gasteiger partial charge in [-0.05, 0) is 39.0 Å². The van der Waals surface area contributed by atoms with Crippen molar-refractivity contribution in [3.8, 4) is 0 Å². The number of unbranched alkanes of at least 4 members (excludes halogenated alkanes) is 26. The van der Waals surface area contributed by atoms with Crippen LogP contribution in [0.1, 0.15) is 213 Å². The van der Waals surface area contributed by atoms with Crippen molar-refractivity contribution in [3.63, 3.8) is 0 Å². The second kappa shape index (κ2) is 39.0. The number of carbonyl (C=O) groups is 1. The molecule has 8 atom stereocenters. The second-order valence-electron chi connectivity index (χ2n) is 17.6. The molecular weight excluding hydrogens is 759 g/mol. The van der Waals surface area contributed by atoms with Gasteiger partial charge in [-0.3, -0.25) is 4.79 Å². The Morgan fingerprint density at radius 3 is 1.62 bits per heavy atom. The van der Waals surface area contributed by atoms with E-state index in [1.807, 2.05) is 6.08 Å². The van der Waals surface area contributed by atoms with E-state index in [-0.39, 0.29) is 6.61 Å². The molecule has 7 N–H and O–H groups in total. The molecule has 0 saturated carbocycles. The first kappa shape index (κ1) is 56.4. The molecule has 1 rings (SSSR count). The molecule has 0 aromatic carbocycles. The normalized spacial score (nSPS) is 21.6. The molecule has 1 aliphatic rings. The molecule has 1 fully saturated rings. The number of hydrogen-bond acceptors (Lipinski definition) is 9.